The van der Waals surface area contributed by atoms with Gasteiger partial charge in [0.2, 0.25) is 0 Å². The summed E-state index contributed by atoms with van der Waals surface area (Å²) in [5, 5.41) is 5.66. The third kappa shape index (κ3) is 3.11. The van der Waals surface area contributed by atoms with E-state index in [1.807, 2.05) is 6.92 Å². The number of hydrogen-bond acceptors (Lipinski definition) is 1. The minimum Gasteiger partial charge on any atom is -0.338 e. The molecule has 70 valence electrons. The van der Waals surface area contributed by atoms with E-state index in [1.165, 1.54) is 19.3 Å². The summed E-state index contributed by atoms with van der Waals surface area (Å²) in [6.07, 6.45) is 4.90. The molecule has 0 saturated heterocycles. The van der Waals surface area contributed by atoms with Gasteiger partial charge in [0.05, 0.1) is 0 Å². The van der Waals surface area contributed by atoms with Gasteiger partial charge >= 0.3 is 6.03 Å². The topological polar surface area (TPSA) is 41.1 Å². The summed E-state index contributed by atoms with van der Waals surface area (Å²) < 4.78 is 0. The third-order valence-corrected chi connectivity index (χ3v) is 2.31. The lowest BCUT2D eigenvalue weighted by atomic mass is 9.85. The van der Waals surface area contributed by atoms with Gasteiger partial charge in [-0.25, -0.2) is 4.79 Å². The predicted octanol–water partition coefficient (Wildman–Crippen LogP) is 1.50. The van der Waals surface area contributed by atoms with E-state index in [1.54, 1.807) is 0 Å². The molecule has 0 heterocycles. The molecule has 1 aliphatic rings. The van der Waals surface area contributed by atoms with Crippen LogP contribution in [0.5, 0.6) is 0 Å². The minimum absolute atomic E-state index is 0.0104. The van der Waals surface area contributed by atoms with Crippen LogP contribution in [0, 0.1) is 5.92 Å². The van der Waals surface area contributed by atoms with E-state index in [0.717, 1.165) is 25.4 Å². The van der Waals surface area contributed by atoms with Crippen molar-refractivity contribution in [3.63, 3.8) is 0 Å². The van der Waals surface area contributed by atoms with Gasteiger partial charge in [-0.2, -0.15) is 0 Å². The van der Waals surface area contributed by atoms with Gasteiger partial charge in [-0.1, -0.05) is 13.3 Å². The van der Waals surface area contributed by atoms with E-state index < -0.39 is 0 Å². The van der Waals surface area contributed by atoms with E-state index in [4.69, 9.17) is 0 Å². The summed E-state index contributed by atoms with van der Waals surface area (Å²) in [4.78, 5) is 11.0. The van der Waals surface area contributed by atoms with Gasteiger partial charge in [0.25, 0.3) is 0 Å². The molecule has 0 unspecified atom stereocenters. The van der Waals surface area contributed by atoms with Gasteiger partial charge in [-0.05, 0) is 25.2 Å². The van der Waals surface area contributed by atoms with E-state index in [0.29, 0.717) is 0 Å². The Hall–Kier alpha value is -0.730. The lowest BCUT2D eigenvalue weighted by molar-refractivity contribution is 0.232. The summed E-state index contributed by atoms with van der Waals surface area (Å²) in [6.45, 7) is 3.68. The van der Waals surface area contributed by atoms with Crippen molar-refractivity contribution in [2.45, 2.75) is 32.6 Å². The highest BCUT2D eigenvalue weighted by Gasteiger charge is 2.17. The number of carbonyl (C=O) groups is 1. The normalized spacial score (nSPS) is 16.8. The van der Waals surface area contributed by atoms with Crippen LogP contribution in [0.4, 0.5) is 4.79 Å². The van der Waals surface area contributed by atoms with E-state index in [-0.39, 0.29) is 6.03 Å². The average Bonchev–Trinajstić information content (AvgIpc) is 1.98. The highest BCUT2D eigenvalue weighted by molar-refractivity contribution is 5.73. The number of nitrogens with one attached hydrogen (secondary N) is 2. The van der Waals surface area contributed by atoms with Gasteiger partial charge in [0, 0.05) is 13.1 Å². The molecule has 0 aromatic heterocycles. The Morgan fingerprint density at radius 1 is 1.42 bits per heavy atom. The SMILES string of the molecule is CCCNC(=O)NCC1CCC1. The van der Waals surface area contributed by atoms with Crippen LogP contribution in [0.25, 0.3) is 0 Å². The Bertz CT molecular complexity index is 143. The molecular weight excluding hydrogens is 152 g/mol. The number of rotatable bonds is 4. The Morgan fingerprint density at radius 3 is 2.67 bits per heavy atom. The van der Waals surface area contributed by atoms with Gasteiger partial charge in [0.15, 0.2) is 0 Å². The van der Waals surface area contributed by atoms with Crippen LogP contribution in [0.15, 0.2) is 0 Å². The molecule has 0 atom stereocenters. The summed E-state index contributed by atoms with van der Waals surface area (Å²) in [5.74, 6) is 0.748. The maximum absolute atomic E-state index is 11.0. The van der Waals surface area contributed by atoms with Crippen molar-refractivity contribution in [2.24, 2.45) is 5.92 Å². The molecule has 2 amide bonds. The number of carbonyl (C=O) groups excluding carboxylic acids is 1. The fraction of sp³-hybridized carbons (Fsp3) is 0.889. The molecule has 12 heavy (non-hydrogen) atoms. The van der Waals surface area contributed by atoms with Crippen molar-refractivity contribution >= 4 is 6.03 Å². The van der Waals surface area contributed by atoms with E-state index >= 15 is 0 Å². The van der Waals surface area contributed by atoms with Crippen LogP contribution in [0.1, 0.15) is 32.6 Å². The van der Waals surface area contributed by atoms with Crippen LogP contribution >= 0.6 is 0 Å². The standard InChI is InChI=1S/C9H18N2O/c1-2-6-10-9(12)11-7-8-4-3-5-8/h8H,2-7H2,1H3,(H2,10,11,12). The van der Waals surface area contributed by atoms with Gasteiger partial charge < -0.3 is 10.6 Å². The molecule has 0 aromatic carbocycles. The first-order chi connectivity index (χ1) is 5.83. The summed E-state index contributed by atoms with van der Waals surface area (Å²) in [7, 11) is 0. The first kappa shape index (κ1) is 9.36. The molecule has 0 spiro atoms. The van der Waals surface area contributed by atoms with Crippen molar-refractivity contribution in [2.75, 3.05) is 13.1 Å². The summed E-state index contributed by atoms with van der Waals surface area (Å²) in [5.41, 5.74) is 0. The van der Waals surface area contributed by atoms with Crippen LogP contribution in [0.2, 0.25) is 0 Å². The average molecular weight is 170 g/mol. The Morgan fingerprint density at radius 2 is 2.17 bits per heavy atom. The lowest BCUT2D eigenvalue weighted by Crippen LogP contribution is -2.39. The second kappa shape index (κ2) is 5.01. The molecule has 1 aliphatic carbocycles. The van der Waals surface area contributed by atoms with Crippen molar-refractivity contribution in [3.05, 3.63) is 0 Å². The molecular formula is C9H18N2O. The largest absolute Gasteiger partial charge is 0.338 e. The smallest absolute Gasteiger partial charge is 0.314 e. The van der Waals surface area contributed by atoms with Crippen molar-refractivity contribution in [1.82, 2.24) is 10.6 Å². The molecule has 0 bridgehead atoms. The molecule has 0 radical (unpaired) electrons. The number of urea groups is 1. The predicted molar refractivity (Wildman–Crippen MR) is 49.0 cm³/mol. The Kier molecular flexibility index (Phi) is 3.91. The molecule has 2 N–H and O–H groups in total. The Labute approximate surface area is 73.9 Å². The third-order valence-electron chi connectivity index (χ3n) is 2.31. The lowest BCUT2D eigenvalue weighted by Gasteiger charge is -2.25. The van der Waals surface area contributed by atoms with E-state index in [2.05, 4.69) is 10.6 Å². The Balaban J connectivity index is 1.94. The highest BCUT2D eigenvalue weighted by atomic mass is 16.2. The second-order valence-electron chi connectivity index (χ2n) is 3.43. The monoisotopic (exact) mass is 170 g/mol. The van der Waals surface area contributed by atoms with Gasteiger partial charge in [0.1, 0.15) is 0 Å². The van der Waals surface area contributed by atoms with Crippen LogP contribution in [-0.2, 0) is 0 Å². The van der Waals surface area contributed by atoms with Crippen LogP contribution in [0.3, 0.4) is 0 Å². The number of hydrogen-bond donors (Lipinski definition) is 2. The van der Waals surface area contributed by atoms with Crippen molar-refractivity contribution in [3.8, 4) is 0 Å². The maximum Gasteiger partial charge on any atom is 0.314 e. The van der Waals surface area contributed by atoms with E-state index in [9.17, 15) is 4.79 Å². The highest BCUT2D eigenvalue weighted by Crippen LogP contribution is 2.24. The molecule has 0 aromatic rings. The zero-order valence-corrected chi connectivity index (χ0v) is 7.73. The first-order valence-electron chi connectivity index (χ1n) is 4.84. The fourth-order valence-corrected chi connectivity index (χ4v) is 1.23. The van der Waals surface area contributed by atoms with Crippen LogP contribution < -0.4 is 10.6 Å². The minimum atomic E-state index is -0.0104. The number of amides is 2. The quantitative estimate of drug-likeness (QED) is 0.659. The molecule has 3 heteroatoms. The first-order valence-corrected chi connectivity index (χ1v) is 4.84. The molecule has 3 nitrogen and oxygen atoms in total. The molecule has 0 aliphatic heterocycles. The maximum atomic E-state index is 11.0. The summed E-state index contributed by atoms with van der Waals surface area (Å²) >= 11 is 0. The summed E-state index contributed by atoms with van der Waals surface area (Å²) in [6, 6.07) is -0.0104. The van der Waals surface area contributed by atoms with Crippen LogP contribution in [-0.4, -0.2) is 19.1 Å². The second-order valence-corrected chi connectivity index (χ2v) is 3.43. The zero-order chi connectivity index (χ0) is 8.81. The van der Waals surface area contributed by atoms with Crippen molar-refractivity contribution in [1.29, 1.82) is 0 Å². The van der Waals surface area contributed by atoms with Crippen molar-refractivity contribution < 1.29 is 4.79 Å². The van der Waals surface area contributed by atoms with Gasteiger partial charge in [-0.15, -0.1) is 0 Å². The van der Waals surface area contributed by atoms with Gasteiger partial charge in [-0.3, -0.25) is 0 Å². The molecule has 1 fully saturated rings. The fourth-order valence-electron chi connectivity index (χ4n) is 1.23. The zero-order valence-electron chi connectivity index (χ0n) is 7.73. The molecule has 1 saturated carbocycles. The molecule has 1 rings (SSSR count).